The molecule has 1 aliphatic carbocycles. The van der Waals surface area contributed by atoms with Gasteiger partial charge >= 0.3 is 6.18 Å². The molecule has 0 spiro atoms. The van der Waals surface area contributed by atoms with Crippen LogP contribution in [0, 0.1) is 16.7 Å². The number of halogens is 3. The molecule has 2 aliphatic heterocycles. The lowest BCUT2D eigenvalue weighted by Gasteiger charge is -2.39. The maximum absolute atomic E-state index is 13.7. The topological polar surface area (TPSA) is 93.3 Å². The number of hydrogen-bond acceptors (Lipinski definition) is 6. The van der Waals surface area contributed by atoms with E-state index in [1.54, 1.807) is 6.20 Å². The van der Waals surface area contributed by atoms with E-state index in [-0.39, 0.29) is 53.3 Å². The van der Waals surface area contributed by atoms with Crippen LogP contribution in [0.3, 0.4) is 0 Å². The zero-order chi connectivity index (χ0) is 27.7. The van der Waals surface area contributed by atoms with Crippen molar-refractivity contribution < 1.29 is 23.0 Å². The lowest BCUT2D eigenvalue weighted by molar-refractivity contribution is -0.137. The molecule has 3 N–H and O–H groups in total. The first-order chi connectivity index (χ1) is 18.7. The monoisotopic (exact) mass is 540 g/mol. The predicted molar refractivity (Wildman–Crippen MR) is 145 cm³/mol. The number of aliphatic hydroxyl groups is 1. The van der Waals surface area contributed by atoms with Gasteiger partial charge in [0, 0.05) is 46.6 Å². The molecular formula is C30H35F3N4O2. The number of pyridine rings is 1. The predicted octanol–water partition coefficient (Wildman–Crippen LogP) is 7.07. The fourth-order valence-electron chi connectivity index (χ4n) is 5.94. The third kappa shape index (κ3) is 5.88. The molecule has 2 saturated heterocycles. The average molecular weight is 541 g/mol. The summed E-state index contributed by atoms with van der Waals surface area (Å²) in [5, 5.41) is 27.7. The second-order valence-corrected chi connectivity index (χ2v) is 10.9. The van der Waals surface area contributed by atoms with Crippen LogP contribution in [0.2, 0.25) is 0 Å². The molecule has 39 heavy (non-hydrogen) atoms. The van der Waals surface area contributed by atoms with Crippen LogP contribution in [0.1, 0.15) is 75.0 Å². The van der Waals surface area contributed by atoms with Crippen LogP contribution in [-0.2, 0) is 10.9 Å². The molecule has 9 heteroatoms. The number of piperidine rings is 1. The minimum atomic E-state index is -4.60. The summed E-state index contributed by atoms with van der Waals surface area (Å²) in [7, 11) is 0. The van der Waals surface area contributed by atoms with Crippen LogP contribution < -0.4 is 4.90 Å². The van der Waals surface area contributed by atoms with Crippen molar-refractivity contribution in [1.82, 2.24) is 4.98 Å². The molecule has 2 aromatic rings. The molecule has 2 bridgehead atoms. The van der Waals surface area contributed by atoms with E-state index in [1.807, 2.05) is 12.1 Å². The molecule has 6 nitrogen and oxygen atoms in total. The van der Waals surface area contributed by atoms with Gasteiger partial charge in [0.1, 0.15) is 11.6 Å². The number of ether oxygens (including phenoxy) is 1. The van der Waals surface area contributed by atoms with Gasteiger partial charge in [-0.05, 0) is 63.1 Å². The Labute approximate surface area is 226 Å². The second kappa shape index (κ2) is 11.1. The standard InChI is InChI=1S/C30H35F3N4O2/c1-2-5-26(34)19-10-13-27(36-16-19)37-20-11-12-21(37)15-22(14-20)39-17-24(29(38)18-8-9-18)28(35)23-6-3-4-7-25(23)30(31,32)33/h3-4,6-7,10,13,16,18,20-22,34-35,38H,2,5,8-9,11-12,14-15,17H2,1H3/b29-24-,34-26?,35-28?. The maximum Gasteiger partial charge on any atom is 0.417 e. The first-order valence-corrected chi connectivity index (χ1v) is 13.8. The smallest absolute Gasteiger partial charge is 0.417 e. The minimum Gasteiger partial charge on any atom is -0.512 e. The van der Waals surface area contributed by atoms with Gasteiger partial charge in [-0.15, -0.1) is 0 Å². The molecule has 2 atom stereocenters. The summed E-state index contributed by atoms with van der Waals surface area (Å²) in [5.41, 5.74) is 0.128. The van der Waals surface area contributed by atoms with Crippen LogP contribution in [0.25, 0.3) is 0 Å². The van der Waals surface area contributed by atoms with Crippen molar-refractivity contribution in [1.29, 1.82) is 10.8 Å². The van der Waals surface area contributed by atoms with Crippen molar-refractivity contribution in [2.75, 3.05) is 11.5 Å². The number of aromatic nitrogens is 1. The van der Waals surface area contributed by atoms with E-state index in [1.165, 1.54) is 18.2 Å². The van der Waals surface area contributed by atoms with Crippen molar-refractivity contribution >= 4 is 17.2 Å². The molecule has 1 aromatic carbocycles. The van der Waals surface area contributed by atoms with Gasteiger partial charge in [0.25, 0.3) is 0 Å². The fourth-order valence-corrected chi connectivity index (χ4v) is 5.94. The molecular weight excluding hydrogens is 505 g/mol. The van der Waals surface area contributed by atoms with Crippen molar-refractivity contribution in [2.24, 2.45) is 5.92 Å². The largest absolute Gasteiger partial charge is 0.512 e. The van der Waals surface area contributed by atoms with Gasteiger partial charge in [0.15, 0.2) is 0 Å². The molecule has 1 aromatic heterocycles. The first-order valence-electron chi connectivity index (χ1n) is 13.8. The SMILES string of the molecule is CCCC(=N)c1ccc(N2C3CCC2CC(OC/C(C(=N)c2ccccc2C(F)(F)F)=C(/O)C2CC2)C3)nc1. The number of rotatable bonds is 10. The number of aliphatic hydroxyl groups excluding tert-OH is 1. The summed E-state index contributed by atoms with van der Waals surface area (Å²) in [6, 6.07) is 9.45. The van der Waals surface area contributed by atoms with Crippen molar-refractivity contribution in [3.63, 3.8) is 0 Å². The Bertz CT molecular complexity index is 1240. The number of nitrogens with zero attached hydrogens (tertiary/aromatic N) is 2. The lowest BCUT2D eigenvalue weighted by atomic mass is 9.95. The van der Waals surface area contributed by atoms with E-state index in [9.17, 15) is 18.3 Å². The fraction of sp³-hybridized carbons (Fsp3) is 0.500. The Morgan fingerprint density at radius 3 is 2.33 bits per heavy atom. The molecule has 3 aliphatic rings. The summed E-state index contributed by atoms with van der Waals surface area (Å²) in [6.45, 7) is 1.96. The number of alkyl halides is 3. The highest BCUT2D eigenvalue weighted by atomic mass is 19.4. The number of anilines is 1. The average Bonchev–Trinajstić information content (AvgIpc) is 3.73. The Morgan fingerprint density at radius 2 is 1.74 bits per heavy atom. The van der Waals surface area contributed by atoms with Gasteiger partial charge in [-0.3, -0.25) is 5.41 Å². The summed E-state index contributed by atoms with van der Waals surface area (Å²) in [5.74, 6) is 0.759. The quantitative estimate of drug-likeness (QED) is 0.222. The summed E-state index contributed by atoms with van der Waals surface area (Å²) >= 11 is 0. The Morgan fingerprint density at radius 1 is 1.05 bits per heavy atom. The Hall–Kier alpha value is -3.20. The number of benzene rings is 1. The zero-order valence-electron chi connectivity index (χ0n) is 22.1. The maximum atomic E-state index is 13.7. The molecule has 0 amide bonds. The summed E-state index contributed by atoms with van der Waals surface area (Å²) in [4.78, 5) is 7.00. The van der Waals surface area contributed by atoms with Gasteiger partial charge in [0.2, 0.25) is 0 Å². The van der Waals surface area contributed by atoms with Crippen LogP contribution in [0.4, 0.5) is 19.0 Å². The van der Waals surface area contributed by atoms with Crippen LogP contribution >= 0.6 is 0 Å². The highest BCUT2D eigenvalue weighted by Gasteiger charge is 2.42. The molecule has 1 saturated carbocycles. The highest BCUT2D eigenvalue weighted by molar-refractivity contribution is 6.12. The van der Waals surface area contributed by atoms with Gasteiger partial charge in [-0.1, -0.05) is 31.5 Å². The van der Waals surface area contributed by atoms with Crippen molar-refractivity contribution in [3.8, 4) is 0 Å². The molecule has 3 heterocycles. The van der Waals surface area contributed by atoms with E-state index < -0.39 is 11.7 Å². The van der Waals surface area contributed by atoms with Crippen molar-refractivity contribution in [3.05, 3.63) is 70.6 Å². The number of nitrogens with one attached hydrogen (secondary N) is 2. The van der Waals surface area contributed by atoms with E-state index in [4.69, 9.17) is 15.6 Å². The molecule has 208 valence electrons. The molecule has 0 radical (unpaired) electrons. The first kappa shape index (κ1) is 27.4. The van der Waals surface area contributed by atoms with Gasteiger partial charge < -0.3 is 20.2 Å². The van der Waals surface area contributed by atoms with E-state index in [2.05, 4.69) is 16.8 Å². The third-order valence-electron chi connectivity index (χ3n) is 8.09. The minimum absolute atomic E-state index is 0.0182. The molecule has 2 unspecified atom stereocenters. The molecule has 5 rings (SSSR count). The van der Waals surface area contributed by atoms with Crippen molar-refractivity contribution in [2.45, 2.75) is 82.7 Å². The summed E-state index contributed by atoms with van der Waals surface area (Å²) < 4.78 is 47.2. The lowest BCUT2D eigenvalue weighted by Crippen LogP contribution is -2.46. The number of fused-ring (bicyclic) bond motifs is 2. The van der Waals surface area contributed by atoms with Crippen LogP contribution in [0.5, 0.6) is 0 Å². The van der Waals surface area contributed by atoms with Gasteiger partial charge in [-0.2, -0.15) is 13.2 Å². The Balaban J connectivity index is 1.28. The number of allylic oxidation sites excluding steroid dienone is 1. The van der Waals surface area contributed by atoms with E-state index >= 15 is 0 Å². The third-order valence-corrected chi connectivity index (χ3v) is 8.09. The van der Waals surface area contributed by atoms with Gasteiger partial charge in [0.05, 0.1) is 24.0 Å². The normalized spacial score (nSPS) is 23.5. The van der Waals surface area contributed by atoms with Crippen LogP contribution in [-0.4, -0.2) is 46.3 Å². The summed E-state index contributed by atoms with van der Waals surface area (Å²) in [6.07, 6.45) is 3.72. The highest BCUT2D eigenvalue weighted by Crippen LogP contribution is 2.41. The van der Waals surface area contributed by atoms with Crippen LogP contribution in [0.15, 0.2) is 53.9 Å². The van der Waals surface area contributed by atoms with E-state index in [0.29, 0.717) is 5.71 Å². The van der Waals surface area contributed by atoms with Gasteiger partial charge in [-0.25, -0.2) is 4.98 Å². The number of hydrogen-bond donors (Lipinski definition) is 3. The molecule has 3 fully saturated rings. The second-order valence-electron chi connectivity index (χ2n) is 10.9. The Kier molecular flexibility index (Phi) is 7.80. The van der Waals surface area contributed by atoms with E-state index in [0.717, 1.165) is 68.8 Å². The zero-order valence-corrected chi connectivity index (χ0v) is 22.1.